The van der Waals surface area contributed by atoms with Crippen molar-refractivity contribution in [3.8, 4) is 0 Å². The number of carbonyl (C=O) groups is 1. The van der Waals surface area contributed by atoms with Gasteiger partial charge in [0.25, 0.3) is 0 Å². The average molecular weight is 331 g/mol. The number of amides is 1. The Morgan fingerprint density at radius 2 is 2.11 bits per heavy atom. The molecule has 0 saturated heterocycles. The summed E-state index contributed by atoms with van der Waals surface area (Å²) < 4.78 is 2.95. The average Bonchev–Trinajstić information content (AvgIpc) is 2.65. The lowest BCUT2D eigenvalue weighted by molar-refractivity contribution is -0.122. The molecule has 0 unspecified atom stereocenters. The zero-order valence-electron chi connectivity index (χ0n) is 12.2. The summed E-state index contributed by atoms with van der Waals surface area (Å²) in [6.45, 7) is 8.72. The Kier molecular flexibility index (Phi) is 6.51. The Labute approximate surface area is 123 Å². The molecule has 1 aromatic heterocycles. The molecule has 0 aliphatic heterocycles. The normalized spacial score (nSPS) is 11.1. The van der Waals surface area contributed by atoms with E-state index in [1.165, 1.54) is 0 Å². The fourth-order valence-corrected chi connectivity index (χ4v) is 2.68. The predicted octanol–water partition coefficient (Wildman–Crippen LogP) is 1.70. The zero-order valence-corrected chi connectivity index (χ0v) is 13.7. The van der Waals surface area contributed by atoms with E-state index in [1.807, 2.05) is 18.7 Å². The predicted molar refractivity (Wildman–Crippen MR) is 79.9 cm³/mol. The largest absolute Gasteiger partial charge is 0.355 e. The van der Waals surface area contributed by atoms with Gasteiger partial charge in [0.15, 0.2) is 0 Å². The van der Waals surface area contributed by atoms with Crippen LogP contribution in [0.2, 0.25) is 0 Å². The molecule has 0 aliphatic rings. The molecule has 0 saturated carbocycles. The van der Waals surface area contributed by atoms with Crippen molar-refractivity contribution in [2.75, 3.05) is 19.6 Å². The topological polar surface area (TPSA) is 50.2 Å². The van der Waals surface area contributed by atoms with Crippen LogP contribution in [0, 0.1) is 0 Å². The molecule has 6 heteroatoms. The first-order chi connectivity index (χ1) is 9.03. The van der Waals surface area contributed by atoms with Gasteiger partial charge in [0.2, 0.25) is 5.91 Å². The standard InChI is InChI=1S/C13H23BrN4O/c1-5-10-13(14)11(17(4)16-10)8-18(7-3)9-12(19)15-6-2/h5-9H2,1-4H3,(H,15,19). The van der Waals surface area contributed by atoms with Crippen LogP contribution in [-0.2, 0) is 24.8 Å². The number of aromatic nitrogens is 2. The molecule has 19 heavy (non-hydrogen) atoms. The molecule has 0 aliphatic carbocycles. The number of hydrogen-bond acceptors (Lipinski definition) is 3. The Hall–Kier alpha value is -0.880. The summed E-state index contributed by atoms with van der Waals surface area (Å²) in [6, 6.07) is 0. The van der Waals surface area contributed by atoms with Crippen molar-refractivity contribution in [2.45, 2.75) is 33.7 Å². The molecule has 0 aromatic carbocycles. The maximum atomic E-state index is 11.6. The number of hydrogen-bond donors (Lipinski definition) is 1. The first-order valence-electron chi connectivity index (χ1n) is 6.72. The van der Waals surface area contributed by atoms with E-state index in [-0.39, 0.29) is 5.91 Å². The van der Waals surface area contributed by atoms with Crippen LogP contribution in [-0.4, -0.2) is 40.2 Å². The van der Waals surface area contributed by atoms with Gasteiger partial charge < -0.3 is 5.32 Å². The Morgan fingerprint density at radius 1 is 1.42 bits per heavy atom. The van der Waals surface area contributed by atoms with Crippen LogP contribution in [0.3, 0.4) is 0 Å². The molecule has 0 bridgehead atoms. The third-order valence-corrected chi connectivity index (χ3v) is 3.98. The number of carbonyl (C=O) groups excluding carboxylic acids is 1. The number of rotatable bonds is 7. The monoisotopic (exact) mass is 330 g/mol. The Morgan fingerprint density at radius 3 is 2.58 bits per heavy atom. The number of aryl methyl sites for hydroxylation is 2. The first-order valence-corrected chi connectivity index (χ1v) is 7.51. The molecule has 0 radical (unpaired) electrons. The van der Waals surface area contributed by atoms with Crippen LogP contribution in [0.4, 0.5) is 0 Å². The van der Waals surface area contributed by atoms with Gasteiger partial charge in [-0.15, -0.1) is 0 Å². The number of likely N-dealkylation sites (N-methyl/N-ethyl adjacent to an activating group) is 2. The van der Waals surface area contributed by atoms with E-state index in [2.05, 4.69) is 45.1 Å². The van der Waals surface area contributed by atoms with Gasteiger partial charge in [-0.1, -0.05) is 13.8 Å². The number of nitrogens with one attached hydrogen (secondary N) is 1. The van der Waals surface area contributed by atoms with Crippen LogP contribution in [0.5, 0.6) is 0 Å². The van der Waals surface area contributed by atoms with E-state index < -0.39 is 0 Å². The SMILES string of the molecule is CCNC(=O)CN(CC)Cc1c(Br)c(CC)nn1C. The molecule has 1 heterocycles. The van der Waals surface area contributed by atoms with Crippen LogP contribution >= 0.6 is 15.9 Å². The van der Waals surface area contributed by atoms with E-state index >= 15 is 0 Å². The van der Waals surface area contributed by atoms with Gasteiger partial charge in [-0.05, 0) is 35.8 Å². The van der Waals surface area contributed by atoms with E-state index in [0.29, 0.717) is 13.1 Å². The molecule has 108 valence electrons. The minimum absolute atomic E-state index is 0.0679. The summed E-state index contributed by atoms with van der Waals surface area (Å²) in [5, 5.41) is 7.30. The van der Waals surface area contributed by atoms with Gasteiger partial charge in [0.1, 0.15) is 0 Å². The van der Waals surface area contributed by atoms with Crippen LogP contribution in [0.15, 0.2) is 4.47 Å². The van der Waals surface area contributed by atoms with Crippen molar-refractivity contribution < 1.29 is 4.79 Å². The van der Waals surface area contributed by atoms with Gasteiger partial charge in [-0.2, -0.15) is 5.10 Å². The minimum atomic E-state index is 0.0679. The van der Waals surface area contributed by atoms with Gasteiger partial charge in [0.05, 0.1) is 22.4 Å². The summed E-state index contributed by atoms with van der Waals surface area (Å²) in [5.74, 6) is 0.0679. The first kappa shape index (κ1) is 16.2. The third kappa shape index (κ3) is 4.31. The Balaban J connectivity index is 2.75. The second-order valence-corrected chi connectivity index (χ2v) is 5.23. The van der Waals surface area contributed by atoms with E-state index in [4.69, 9.17) is 0 Å². The molecule has 0 atom stereocenters. The van der Waals surface area contributed by atoms with Gasteiger partial charge in [-0.3, -0.25) is 14.4 Å². The molecule has 1 N–H and O–H groups in total. The van der Waals surface area contributed by atoms with Crippen molar-refractivity contribution in [1.82, 2.24) is 20.0 Å². The van der Waals surface area contributed by atoms with Gasteiger partial charge >= 0.3 is 0 Å². The minimum Gasteiger partial charge on any atom is -0.355 e. The molecule has 5 nitrogen and oxygen atoms in total. The molecule has 1 amide bonds. The summed E-state index contributed by atoms with van der Waals surface area (Å²) >= 11 is 3.61. The highest BCUT2D eigenvalue weighted by Crippen LogP contribution is 2.22. The van der Waals surface area contributed by atoms with Gasteiger partial charge in [0, 0.05) is 20.1 Å². The molecule has 1 rings (SSSR count). The molecular formula is C13H23BrN4O. The third-order valence-electron chi connectivity index (χ3n) is 3.06. The smallest absolute Gasteiger partial charge is 0.234 e. The second kappa shape index (κ2) is 7.65. The molecule has 0 spiro atoms. The van der Waals surface area contributed by atoms with Crippen molar-refractivity contribution in [2.24, 2.45) is 7.05 Å². The quantitative estimate of drug-likeness (QED) is 0.827. The number of nitrogens with zero attached hydrogens (tertiary/aromatic N) is 3. The van der Waals surface area contributed by atoms with Gasteiger partial charge in [-0.25, -0.2) is 0 Å². The highest BCUT2D eigenvalue weighted by molar-refractivity contribution is 9.10. The fourth-order valence-electron chi connectivity index (χ4n) is 1.94. The van der Waals surface area contributed by atoms with E-state index in [1.54, 1.807) is 0 Å². The van der Waals surface area contributed by atoms with Crippen LogP contribution in [0.1, 0.15) is 32.2 Å². The summed E-state index contributed by atoms with van der Waals surface area (Å²) in [7, 11) is 1.94. The summed E-state index contributed by atoms with van der Waals surface area (Å²) in [6.07, 6.45) is 0.900. The lowest BCUT2D eigenvalue weighted by Gasteiger charge is -2.20. The summed E-state index contributed by atoms with van der Waals surface area (Å²) in [4.78, 5) is 13.8. The maximum absolute atomic E-state index is 11.6. The lowest BCUT2D eigenvalue weighted by Crippen LogP contribution is -2.37. The van der Waals surface area contributed by atoms with Crippen molar-refractivity contribution in [1.29, 1.82) is 0 Å². The van der Waals surface area contributed by atoms with Crippen molar-refractivity contribution in [3.05, 3.63) is 15.9 Å². The number of halogens is 1. The maximum Gasteiger partial charge on any atom is 0.234 e. The van der Waals surface area contributed by atoms with Crippen LogP contribution < -0.4 is 5.32 Å². The molecule has 0 fully saturated rings. The van der Waals surface area contributed by atoms with Crippen molar-refractivity contribution in [3.63, 3.8) is 0 Å². The highest BCUT2D eigenvalue weighted by atomic mass is 79.9. The second-order valence-electron chi connectivity index (χ2n) is 4.44. The highest BCUT2D eigenvalue weighted by Gasteiger charge is 2.16. The zero-order chi connectivity index (χ0) is 14.4. The Bertz CT molecular complexity index is 431. The summed E-state index contributed by atoms with van der Waals surface area (Å²) in [5.41, 5.74) is 2.18. The van der Waals surface area contributed by atoms with E-state index in [0.717, 1.165) is 35.4 Å². The molecular weight excluding hydrogens is 308 g/mol. The molecule has 1 aromatic rings. The lowest BCUT2D eigenvalue weighted by atomic mass is 10.3. The van der Waals surface area contributed by atoms with E-state index in [9.17, 15) is 4.79 Å². The van der Waals surface area contributed by atoms with Crippen LogP contribution in [0.25, 0.3) is 0 Å². The fraction of sp³-hybridized carbons (Fsp3) is 0.692. The van der Waals surface area contributed by atoms with Crippen molar-refractivity contribution >= 4 is 21.8 Å².